The highest BCUT2D eigenvalue weighted by Gasteiger charge is 2.30. The van der Waals surface area contributed by atoms with Gasteiger partial charge in [-0.3, -0.25) is 4.79 Å². The summed E-state index contributed by atoms with van der Waals surface area (Å²) in [5.41, 5.74) is -0.791. The highest BCUT2D eigenvalue weighted by atomic mass is 19.4. The molecule has 88 valence electrons. The van der Waals surface area contributed by atoms with Crippen molar-refractivity contribution in [3.05, 3.63) is 29.8 Å². The summed E-state index contributed by atoms with van der Waals surface area (Å²) in [4.78, 5) is 10.9. The maximum absolute atomic E-state index is 12.3. The minimum Gasteiger partial charge on any atom is -0.483 e. The molecule has 0 spiro atoms. The summed E-state index contributed by atoms with van der Waals surface area (Å²) in [5.74, 6) is -0.199. The predicted molar refractivity (Wildman–Crippen MR) is 52.2 cm³/mol. The molecule has 5 heteroatoms. The molecule has 0 bridgehead atoms. The largest absolute Gasteiger partial charge is 0.483 e. The van der Waals surface area contributed by atoms with Crippen LogP contribution < -0.4 is 4.74 Å². The van der Waals surface area contributed by atoms with Crippen LogP contribution in [0.5, 0.6) is 5.75 Å². The number of halogens is 3. The Morgan fingerprint density at radius 3 is 2.50 bits per heavy atom. The summed E-state index contributed by atoms with van der Waals surface area (Å²) in [6.07, 6.45) is -5.15. The average Bonchev–Trinajstić information content (AvgIpc) is 2.16. The Morgan fingerprint density at radius 2 is 2.00 bits per heavy atom. The van der Waals surface area contributed by atoms with Gasteiger partial charge in [-0.1, -0.05) is 6.07 Å². The number of carbonyl (C=O) groups is 1. The van der Waals surface area contributed by atoms with Gasteiger partial charge in [0, 0.05) is 0 Å². The molecule has 1 aromatic carbocycles. The van der Waals surface area contributed by atoms with Crippen molar-refractivity contribution < 1.29 is 22.7 Å². The van der Waals surface area contributed by atoms with Gasteiger partial charge in [0.25, 0.3) is 0 Å². The predicted octanol–water partition coefficient (Wildman–Crippen LogP) is 3.06. The monoisotopic (exact) mass is 232 g/mol. The lowest BCUT2D eigenvalue weighted by Gasteiger charge is -2.13. The van der Waals surface area contributed by atoms with Crippen molar-refractivity contribution in [3.8, 4) is 5.75 Å². The smallest absolute Gasteiger partial charge is 0.416 e. The van der Waals surface area contributed by atoms with Crippen molar-refractivity contribution >= 4 is 5.78 Å². The molecule has 0 saturated heterocycles. The van der Waals surface area contributed by atoms with Crippen molar-refractivity contribution in [2.45, 2.75) is 26.1 Å². The van der Waals surface area contributed by atoms with Crippen LogP contribution in [0.4, 0.5) is 13.2 Å². The molecule has 0 unspecified atom stereocenters. The maximum Gasteiger partial charge on any atom is 0.416 e. The van der Waals surface area contributed by atoms with E-state index in [-0.39, 0.29) is 11.5 Å². The number of benzene rings is 1. The minimum atomic E-state index is -4.40. The van der Waals surface area contributed by atoms with E-state index in [1.807, 2.05) is 0 Å². The molecule has 0 N–H and O–H groups in total. The van der Waals surface area contributed by atoms with Gasteiger partial charge in [-0.25, -0.2) is 0 Å². The number of carbonyl (C=O) groups excluding carboxylic acids is 1. The minimum absolute atomic E-state index is 0.0394. The highest BCUT2D eigenvalue weighted by molar-refractivity contribution is 5.80. The van der Waals surface area contributed by atoms with Gasteiger partial charge in [0.05, 0.1) is 5.56 Å². The first-order valence-corrected chi connectivity index (χ1v) is 4.65. The number of hydrogen-bond donors (Lipinski definition) is 0. The zero-order chi connectivity index (χ0) is 12.3. The molecule has 1 rings (SSSR count). The van der Waals surface area contributed by atoms with Crippen LogP contribution in [-0.2, 0) is 11.0 Å². The van der Waals surface area contributed by atoms with E-state index in [0.717, 1.165) is 12.1 Å². The first-order chi connectivity index (χ1) is 7.30. The maximum atomic E-state index is 12.3. The Morgan fingerprint density at radius 1 is 1.38 bits per heavy atom. The van der Waals surface area contributed by atoms with Gasteiger partial charge >= 0.3 is 6.18 Å². The topological polar surface area (TPSA) is 26.3 Å². The van der Waals surface area contributed by atoms with E-state index in [9.17, 15) is 18.0 Å². The molecule has 0 aliphatic rings. The zero-order valence-electron chi connectivity index (χ0n) is 8.84. The second-order valence-electron chi connectivity index (χ2n) is 3.40. The number of alkyl halides is 3. The molecule has 0 heterocycles. The van der Waals surface area contributed by atoms with Crippen LogP contribution >= 0.6 is 0 Å². The molecule has 0 aromatic heterocycles. The van der Waals surface area contributed by atoms with Crippen molar-refractivity contribution in [2.75, 3.05) is 0 Å². The molecule has 0 amide bonds. The summed E-state index contributed by atoms with van der Waals surface area (Å²) in [6, 6.07) is 4.45. The van der Waals surface area contributed by atoms with Crippen LogP contribution in [0.2, 0.25) is 0 Å². The number of ether oxygens (including phenoxy) is 1. The third kappa shape index (κ3) is 3.25. The Kier molecular flexibility index (Phi) is 3.57. The number of rotatable bonds is 3. The van der Waals surface area contributed by atoms with Crippen molar-refractivity contribution in [1.82, 2.24) is 0 Å². The third-order valence-electron chi connectivity index (χ3n) is 2.05. The molecule has 0 saturated carbocycles. The van der Waals surface area contributed by atoms with E-state index in [1.54, 1.807) is 0 Å². The Hall–Kier alpha value is -1.52. The van der Waals surface area contributed by atoms with Crippen LogP contribution in [0.1, 0.15) is 19.4 Å². The SMILES string of the molecule is CC(=O)[C@H](C)Oc1cccc(C(F)(F)F)c1. The van der Waals surface area contributed by atoms with Gasteiger partial charge in [0.1, 0.15) is 5.75 Å². The number of hydrogen-bond acceptors (Lipinski definition) is 2. The molecule has 2 nitrogen and oxygen atoms in total. The van der Waals surface area contributed by atoms with E-state index >= 15 is 0 Å². The van der Waals surface area contributed by atoms with Crippen LogP contribution in [0, 0.1) is 0 Å². The molecule has 1 atom stereocenters. The normalized spacial score (nSPS) is 13.3. The van der Waals surface area contributed by atoms with Crippen molar-refractivity contribution in [2.24, 2.45) is 0 Å². The lowest BCUT2D eigenvalue weighted by molar-refractivity contribution is -0.137. The molecular weight excluding hydrogens is 221 g/mol. The van der Waals surface area contributed by atoms with Crippen LogP contribution in [-0.4, -0.2) is 11.9 Å². The van der Waals surface area contributed by atoms with E-state index in [2.05, 4.69) is 0 Å². The molecule has 16 heavy (non-hydrogen) atoms. The summed E-state index contributed by atoms with van der Waals surface area (Å²) in [6.45, 7) is 2.81. The molecule has 0 fully saturated rings. The fourth-order valence-corrected chi connectivity index (χ4v) is 1.03. The van der Waals surface area contributed by atoms with E-state index in [0.29, 0.717) is 0 Å². The van der Waals surface area contributed by atoms with Gasteiger partial charge in [-0.05, 0) is 32.0 Å². The lowest BCUT2D eigenvalue weighted by Crippen LogP contribution is -2.20. The highest BCUT2D eigenvalue weighted by Crippen LogP contribution is 2.31. The van der Waals surface area contributed by atoms with Gasteiger partial charge in [-0.2, -0.15) is 13.2 Å². The van der Waals surface area contributed by atoms with Crippen LogP contribution in [0.15, 0.2) is 24.3 Å². The molecule has 0 aliphatic carbocycles. The second kappa shape index (κ2) is 4.55. The van der Waals surface area contributed by atoms with Gasteiger partial charge < -0.3 is 4.74 Å². The number of ketones is 1. The fraction of sp³-hybridized carbons (Fsp3) is 0.364. The second-order valence-corrected chi connectivity index (χ2v) is 3.40. The zero-order valence-corrected chi connectivity index (χ0v) is 8.84. The molecule has 0 aliphatic heterocycles. The molecular formula is C11H11F3O2. The van der Waals surface area contributed by atoms with Crippen LogP contribution in [0.3, 0.4) is 0 Å². The van der Waals surface area contributed by atoms with Crippen molar-refractivity contribution in [1.29, 1.82) is 0 Å². The fourth-order valence-electron chi connectivity index (χ4n) is 1.03. The Bertz CT molecular complexity index is 385. The summed E-state index contributed by atoms with van der Waals surface area (Å²) < 4.78 is 42.1. The standard InChI is InChI=1S/C11H11F3O2/c1-7(15)8(2)16-10-5-3-4-9(6-10)11(12,13)14/h3-6,8H,1-2H3/t8-/m0/s1. The Balaban J connectivity index is 2.87. The summed E-state index contributed by atoms with van der Waals surface area (Å²) in [5, 5.41) is 0. The van der Waals surface area contributed by atoms with Gasteiger partial charge in [0.2, 0.25) is 0 Å². The summed E-state index contributed by atoms with van der Waals surface area (Å²) in [7, 11) is 0. The van der Waals surface area contributed by atoms with E-state index in [4.69, 9.17) is 4.74 Å². The van der Waals surface area contributed by atoms with E-state index < -0.39 is 17.8 Å². The first-order valence-electron chi connectivity index (χ1n) is 4.65. The Labute approximate surface area is 91.0 Å². The van der Waals surface area contributed by atoms with Crippen LogP contribution in [0.25, 0.3) is 0 Å². The molecule has 0 radical (unpaired) electrons. The third-order valence-corrected chi connectivity index (χ3v) is 2.05. The quantitative estimate of drug-likeness (QED) is 0.800. The van der Waals surface area contributed by atoms with Crippen molar-refractivity contribution in [3.63, 3.8) is 0 Å². The van der Waals surface area contributed by atoms with Gasteiger partial charge in [0.15, 0.2) is 11.9 Å². The summed E-state index contributed by atoms with van der Waals surface area (Å²) >= 11 is 0. The van der Waals surface area contributed by atoms with Gasteiger partial charge in [-0.15, -0.1) is 0 Å². The average molecular weight is 232 g/mol. The first kappa shape index (κ1) is 12.5. The lowest BCUT2D eigenvalue weighted by atomic mass is 10.2. The number of Topliss-reactive ketones (excluding diaryl/α,β-unsaturated/α-hetero) is 1. The van der Waals surface area contributed by atoms with E-state index in [1.165, 1.54) is 26.0 Å². The molecule has 1 aromatic rings.